The number of furan rings is 1. The standard InChI is InChI=1S/C20H19N3O3S/c1-11-13(3)27-19-18(11)20(25)23(10-21-19)9-17(24)22-12(2)16-8-14-6-4-5-7-15(14)26-16/h4-8,10,12H,9H2,1-3H3,(H,22,24)/t12-/m0/s1. The minimum Gasteiger partial charge on any atom is -0.459 e. The average molecular weight is 381 g/mol. The molecule has 138 valence electrons. The van der Waals surface area contributed by atoms with Crippen LogP contribution < -0.4 is 10.9 Å². The molecule has 1 amide bonds. The molecule has 0 radical (unpaired) electrons. The summed E-state index contributed by atoms with van der Waals surface area (Å²) in [6.07, 6.45) is 1.44. The van der Waals surface area contributed by atoms with Crippen LogP contribution in [0.3, 0.4) is 0 Å². The maximum absolute atomic E-state index is 12.7. The van der Waals surface area contributed by atoms with Crippen LogP contribution in [0.2, 0.25) is 0 Å². The van der Waals surface area contributed by atoms with E-state index >= 15 is 0 Å². The highest BCUT2D eigenvalue weighted by Gasteiger charge is 2.17. The molecule has 4 rings (SSSR count). The number of benzene rings is 1. The molecule has 0 aliphatic carbocycles. The average Bonchev–Trinajstić information content (AvgIpc) is 3.19. The Bertz CT molecular complexity index is 1190. The Labute approximate surface area is 159 Å². The van der Waals surface area contributed by atoms with E-state index in [-0.39, 0.29) is 24.1 Å². The molecule has 0 saturated heterocycles. The van der Waals surface area contributed by atoms with Crippen molar-refractivity contribution in [3.05, 3.63) is 63.2 Å². The van der Waals surface area contributed by atoms with E-state index < -0.39 is 0 Å². The first-order chi connectivity index (χ1) is 12.9. The molecular weight excluding hydrogens is 362 g/mol. The molecule has 0 fully saturated rings. The van der Waals surface area contributed by atoms with Gasteiger partial charge in [-0.2, -0.15) is 0 Å². The van der Waals surface area contributed by atoms with Crippen molar-refractivity contribution in [2.24, 2.45) is 0 Å². The third-order valence-corrected chi connectivity index (χ3v) is 5.83. The molecule has 3 aromatic heterocycles. The number of aryl methyl sites for hydroxylation is 2. The fraction of sp³-hybridized carbons (Fsp3) is 0.250. The highest BCUT2D eigenvalue weighted by atomic mass is 32.1. The molecule has 0 bridgehead atoms. The van der Waals surface area contributed by atoms with E-state index in [9.17, 15) is 9.59 Å². The number of fused-ring (bicyclic) bond motifs is 2. The van der Waals surface area contributed by atoms with E-state index in [0.29, 0.717) is 16.0 Å². The summed E-state index contributed by atoms with van der Waals surface area (Å²) in [5.74, 6) is 0.408. The smallest absolute Gasteiger partial charge is 0.262 e. The molecule has 1 N–H and O–H groups in total. The van der Waals surface area contributed by atoms with Crippen LogP contribution in [0, 0.1) is 13.8 Å². The van der Waals surface area contributed by atoms with E-state index in [1.807, 2.05) is 51.1 Å². The largest absolute Gasteiger partial charge is 0.459 e. The summed E-state index contributed by atoms with van der Waals surface area (Å²) in [6.45, 7) is 5.64. The summed E-state index contributed by atoms with van der Waals surface area (Å²) in [6, 6.07) is 9.30. The highest BCUT2D eigenvalue weighted by molar-refractivity contribution is 7.18. The molecule has 0 spiro atoms. The number of carbonyl (C=O) groups is 1. The van der Waals surface area contributed by atoms with Crippen LogP contribution >= 0.6 is 11.3 Å². The van der Waals surface area contributed by atoms with Gasteiger partial charge in [0, 0.05) is 10.3 Å². The number of carbonyl (C=O) groups excluding carboxylic acids is 1. The van der Waals surface area contributed by atoms with Gasteiger partial charge in [-0.25, -0.2) is 4.98 Å². The van der Waals surface area contributed by atoms with Gasteiger partial charge in [-0.05, 0) is 38.5 Å². The lowest BCUT2D eigenvalue weighted by Gasteiger charge is -2.12. The molecule has 0 aliphatic heterocycles. The molecular formula is C20H19N3O3S. The summed E-state index contributed by atoms with van der Waals surface area (Å²) in [7, 11) is 0. The second-order valence-corrected chi connectivity index (χ2v) is 7.82. The van der Waals surface area contributed by atoms with Gasteiger partial charge in [0.1, 0.15) is 22.7 Å². The molecule has 0 aliphatic rings. The topological polar surface area (TPSA) is 77.1 Å². The van der Waals surface area contributed by atoms with Crippen molar-refractivity contribution in [1.82, 2.24) is 14.9 Å². The minimum absolute atomic E-state index is 0.0827. The minimum atomic E-state index is -0.303. The fourth-order valence-corrected chi connectivity index (χ4v) is 4.10. The Morgan fingerprint density at radius 2 is 2.11 bits per heavy atom. The number of hydrogen-bond acceptors (Lipinski definition) is 5. The third-order valence-electron chi connectivity index (χ3n) is 4.72. The maximum Gasteiger partial charge on any atom is 0.262 e. The predicted octanol–water partition coefficient (Wildman–Crippen LogP) is 3.70. The summed E-state index contributed by atoms with van der Waals surface area (Å²) in [5, 5.41) is 4.47. The van der Waals surface area contributed by atoms with Crippen molar-refractivity contribution < 1.29 is 9.21 Å². The van der Waals surface area contributed by atoms with Gasteiger partial charge in [0.15, 0.2) is 0 Å². The lowest BCUT2D eigenvalue weighted by molar-refractivity contribution is -0.122. The summed E-state index contributed by atoms with van der Waals surface area (Å²) < 4.78 is 7.14. The molecule has 1 aromatic carbocycles. The summed E-state index contributed by atoms with van der Waals surface area (Å²) in [5.41, 5.74) is 1.52. The predicted molar refractivity (Wildman–Crippen MR) is 106 cm³/mol. The van der Waals surface area contributed by atoms with Crippen molar-refractivity contribution >= 4 is 38.4 Å². The van der Waals surface area contributed by atoms with Crippen LogP contribution in [0.25, 0.3) is 21.2 Å². The maximum atomic E-state index is 12.7. The van der Waals surface area contributed by atoms with E-state index in [1.54, 1.807) is 0 Å². The van der Waals surface area contributed by atoms with Crippen molar-refractivity contribution in [2.45, 2.75) is 33.4 Å². The normalized spacial score (nSPS) is 12.6. The molecule has 27 heavy (non-hydrogen) atoms. The van der Waals surface area contributed by atoms with Crippen LogP contribution in [-0.4, -0.2) is 15.5 Å². The Balaban J connectivity index is 1.54. The number of thiophene rings is 1. The first kappa shape index (κ1) is 17.5. The number of rotatable bonds is 4. The van der Waals surface area contributed by atoms with E-state index in [0.717, 1.165) is 21.4 Å². The van der Waals surface area contributed by atoms with Crippen LogP contribution in [0.15, 0.2) is 45.9 Å². The molecule has 3 heterocycles. The monoisotopic (exact) mass is 381 g/mol. The van der Waals surface area contributed by atoms with E-state index in [2.05, 4.69) is 10.3 Å². The van der Waals surface area contributed by atoms with Crippen molar-refractivity contribution in [1.29, 1.82) is 0 Å². The zero-order valence-electron chi connectivity index (χ0n) is 15.3. The zero-order valence-corrected chi connectivity index (χ0v) is 16.1. The van der Waals surface area contributed by atoms with Crippen LogP contribution in [-0.2, 0) is 11.3 Å². The quantitative estimate of drug-likeness (QED) is 0.585. The van der Waals surface area contributed by atoms with Gasteiger partial charge in [-0.3, -0.25) is 14.2 Å². The van der Waals surface area contributed by atoms with Gasteiger partial charge in [0.25, 0.3) is 5.56 Å². The molecule has 6 nitrogen and oxygen atoms in total. The first-order valence-electron chi connectivity index (χ1n) is 8.67. The van der Waals surface area contributed by atoms with E-state index in [1.165, 1.54) is 22.2 Å². The lowest BCUT2D eigenvalue weighted by Crippen LogP contribution is -2.33. The van der Waals surface area contributed by atoms with Gasteiger partial charge < -0.3 is 9.73 Å². The summed E-state index contributed by atoms with van der Waals surface area (Å²) in [4.78, 5) is 31.3. The van der Waals surface area contributed by atoms with Gasteiger partial charge >= 0.3 is 0 Å². The second-order valence-electron chi connectivity index (χ2n) is 6.62. The SMILES string of the molecule is Cc1sc2ncn(CC(=O)N[C@@H](C)c3cc4ccccc4o3)c(=O)c2c1C. The Hall–Kier alpha value is -2.93. The summed E-state index contributed by atoms with van der Waals surface area (Å²) >= 11 is 1.49. The fourth-order valence-electron chi connectivity index (χ4n) is 3.11. The molecule has 0 unspecified atom stereocenters. The third kappa shape index (κ3) is 3.14. The van der Waals surface area contributed by atoms with Crippen LogP contribution in [0.5, 0.6) is 0 Å². The number of aromatic nitrogens is 2. The Morgan fingerprint density at radius 1 is 1.33 bits per heavy atom. The molecule has 1 atom stereocenters. The number of nitrogens with zero attached hydrogens (tertiary/aromatic N) is 2. The highest BCUT2D eigenvalue weighted by Crippen LogP contribution is 2.25. The molecule has 7 heteroatoms. The Kier molecular flexibility index (Phi) is 4.31. The number of amides is 1. The van der Waals surface area contributed by atoms with Gasteiger partial charge in [-0.15, -0.1) is 11.3 Å². The van der Waals surface area contributed by atoms with Crippen molar-refractivity contribution in [3.8, 4) is 0 Å². The van der Waals surface area contributed by atoms with Gasteiger partial charge in [0.05, 0.1) is 17.8 Å². The zero-order chi connectivity index (χ0) is 19.1. The number of para-hydroxylation sites is 1. The van der Waals surface area contributed by atoms with Crippen LogP contribution in [0.4, 0.5) is 0 Å². The van der Waals surface area contributed by atoms with Gasteiger partial charge in [-0.1, -0.05) is 18.2 Å². The first-order valence-corrected chi connectivity index (χ1v) is 9.48. The Morgan fingerprint density at radius 3 is 2.89 bits per heavy atom. The lowest BCUT2D eigenvalue weighted by atomic mass is 10.2. The molecule has 4 aromatic rings. The van der Waals surface area contributed by atoms with Crippen molar-refractivity contribution in [3.63, 3.8) is 0 Å². The van der Waals surface area contributed by atoms with Crippen molar-refractivity contribution in [2.75, 3.05) is 0 Å². The van der Waals surface area contributed by atoms with E-state index in [4.69, 9.17) is 4.42 Å². The van der Waals surface area contributed by atoms with Gasteiger partial charge in [0.2, 0.25) is 5.91 Å². The molecule has 0 saturated carbocycles. The second kappa shape index (κ2) is 6.66. The number of nitrogens with one attached hydrogen (secondary N) is 1. The number of hydrogen-bond donors (Lipinski definition) is 1. The van der Waals surface area contributed by atoms with Crippen LogP contribution in [0.1, 0.15) is 29.2 Å².